The molecule has 3 aromatic rings. The number of nitrogens with zero attached hydrogens (tertiary/aromatic N) is 5. The molecular weight excluding hydrogens is 494 g/mol. The number of ether oxygens (including phenoxy) is 3. The second-order valence-corrected chi connectivity index (χ2v) is 11.5. The molecule has 0 N–H and O–H groups in total. The summed E-state index contributed by atoms with van der Waals surface area (Å²) in [5.41, 5.74) is 4.66. The number of pyridine rings is 1. The molecule has 1 atom stereocenters. The van der Waals surface area contributed by atoms with Gasteiger partial charge in [0.1, 0.15) is 18.0 Å². The minimum Gasteiger partial charge on any atom is -0.480 e. The molecule has 2 fully saturated rings. The van der Waals surface area contributed by atoms with Crippen LogP contribution < -0.4 is 14.4 Å². The average molecular weight is 530 g/mol. The molecular formula is C30H35N5O4. The molecule has 3 aliphatic rings. The summed E-state index contributed by atoms with van der Waals surface area (Å²) in [7, 11) is 1.58. The lowest BCUT2D eigenvalue weighted by atomic mass is 9.90. The van der Waals surface area contributed by atoms with Gasteiger partial charge in [0, 0.05) is 36.3 Å². The molecule has 2 aliphatic heterocycles. The molecule has 4 heterocycles. The van der Waals surface area contributed by atoms with Gasteiger partial charge in [0.2, 0.25) is 11.8 Å². The van der Waals surface area contributed by atoms with E-state index in [-0.39, 0.29) is 18.2 Å². The Labute approximate surface area is 229 Å². The summed E-state index contributed by atoms with van der Waals surface area (Å²) >= 11 is 0. The molecule has 1 saturated heterocycles. The Bertz CT molecular complexity index is 1380. The van der Waals surface area contributed by atoms with Crippen molar-refractivity contribution >= 4 is 11.9 Å². The Morgan fingerprint density at radius 1 is 1.05 bits per heavy atom. The van der Waals surface area contributed by atoms with Crippen LogP contribution in [0, 0.1) is 0 Å². The third-order valence-corrected chi connectivity index (χ3v) is 7.73. The van der Waals surface area contributed by atoms with Crippen molar-refractivity contribution < 1.29 is 19.0 Å². The summed E-state index contributed by atoms with van der Waals surface area (Å²) in [6.07, 6.45) is 5.70. The standard InChI is InChI=1S/C30H35N5O4/c1-30(2,3)39-29(36)35(22-6-5-7-22)23-12-13-34(17-23)26-11-10-25-24-9-8-19(14-21(24)18-38-28(25)32-26)20-15-27(37-4)33-31-16-20/h8-11,14-16,22-23H,5-7,12-13,17-18H2,1-4H3. The van der Waals surface area contributed by atoms with E-state index >= 15 is 0 Å². The number of aromatic nitrogens is 3. The number of hydrogen-bond donors (Lipinski definition) is 0. The number of benzene rings is 1. The van der Waals surface area contributed by atoms with Gasteiger partial charge in [-0.25, -0.2) is 4.79 Å². The fourth-order valence-electron chi connectivity index (χ4n) is 5.58. The zero-order valence-corrected chi connectivity index (χ0v) is 23.0. The number of methoxy groups -OCH3 is 1. The van der Waals surface area contributed by atoms with Crippen LogP contribution in [0.25, 0.3) is 22.3 Å². The maximum Gasteiger partial charge on any atom is 0.410 e. The van der Waals surface area contributed by atoms with E-state index in [2.05, 4.69) is 45.4 Å². The number of hydrogen-bond acceptors (Lipinski definition) is 8. The highest BCUT2D eigenvalue weighted by Gasteiger charge is 2.40. The van der Waals surface area contributed by atoms with Gasteiger partial charge in [-0.1, -0.05) is 12.1 Å². The fraction of sp³-hybridized carbons (Fsp3) is 0.467. The van der Waals surface area contributed by atoms with Crippen molar-refractivity contribution in [3.63, 3.8) is 0 Å². The first-order valence-corrected chi connectivity index (χ1v) is 13.7. The molecule has 1 amide bonds. The van der Waals surface area contributed by atoms with Gasteiger partial charge in [0.15, 0.2) is 0 Å². The van der Waals surface area contributed by atoms with Crippen LogP contribution in [0.5, 0.6) is 11.8 Å². The molecule has 39 heavy (non-hydrogen) atoms. The van der Waals surface area contributed by atoms with Gasteiger partial charge in [0.25, 0.3) is 0 Å². The molecule has 9 heteroatoms. The first-order chi connectivity index (χ1) is 18.8. The molecule has 0 radical (unpaired) electrons. The number of carbonyl (C=O) groups excluding carboxylic acids is 1. The molecule has 0 spiro atoms. The zero-order chi connectivity index (χ0) is 27.1. The van der Waals surface area contributed by atoms with E-state index in [9.17, 15) is 4.79 Å². The number of amides is 1. The van der Waals surface area contributed by atoms with Crippen molar-refractivity contribution in [2.24, 2.45) is 0 Å². The van der Waals surface area contributed by atoms with E-state index in [1.54, 1.807) is 13.3 Å². The van der Waals surface area contributed by atoms with Crippen LogP contribution in [0.1, 0.15) is 52.0 Å². The van der Waals surface area contributed by atoms with E-state index in [0.717, 1.165) is 66.0 Å². The van der Waals surface area contributed by atoms with Gasteiger partial charge in [-0.05, 0) is 81.3 Å². The summed E-state index contributed by atoms with van der Waals surface area (Å²) in [4.78, 5) is 22.3. The summed E-state index contributed by atoms with van der Waals surface area (Å²) in [5, 5.41) is 8.00. The predicted octanol–water partition coefficient (Wildman–Crippen LogP) is 5.47. The van der Waals surface area contributed by atoms with Gasteiger partial charge in [-0.2, -0.15) is 10.1 Å². The van der Waals surface area contributed by atoms with Crippen molar-refractivity contribution in [1.82, 2.24) is 20.1 Å². The summed E-state index contributed by atoms with van der Waals surface area (Å²) in [6, 6.07) is 12.7. The van der Waals surface area contributed by atoms with Crippen LogP contribution in [0.4, 0.5) is 10.6 Å². The second-order valence-electron chi connectivity index (χ2n) is 11.5. The minimum atomic E-state index is -0.506. The van der Waals surface area contributed by atoms with Gasteiger partial charge >= 0.3 is 6.09 Å². The topological polar surface area (TPSA) is 89.9 Å². The van der Waals surface area contributed by atoms with Gasteiger partial charge in [-0.3, -0.25) is 0 Å². The summed E-state index contributed by atoms with van der Waals surface area (Å²) < 4.78 is 17.2. The number of anilines is 1. The maximum absolute atomic E-state index is 13.1. The Kier molecular flexibility index (Phi) is 6.53. The van der Waals surface area contributed by atoms with Gasteiger partial charge in [0.05, 0.1) is 19.3 Å². The molecule has 1 aromatic carbocycles. The zero-order valence-electron chi connectivity index (χ0n) is 23.0. The van der Waals surface area contributed by atoms with Gasteiger partial charge in [-0.15, -0.1) is 5.10 Å². The summed E-state index contributed by atoms with van der Waals surface area (Å²) in [6.45, 7) is 7.80. The number of rotatable bonds is 5. The second kappa shape index (κ2) is 10.0. The number of fused-ring (bicyclic) bond motifs is 3. The molecule has 2 aromatic heterocycles. The van der Waals surface area contributed by atoms with E-state index in [1.165, 1.54) is 6.42 Å². The predicted molar refractivity (Wildman–Crippen MR) is 148 cm³/mol. The van der Waals surface area contributed by atoms with E-state index in [1.807, 2.05) is 31.7 Å². The molecule has 0 bridgehead atoms. The quantitative estimate of drug-likeness (QED) is 0.430. The molecule has 1 saturated carbocycles. The van der Waals surface area contributed by atoms with Crippen molar-refractivity contribution in [1.29, 1.82) is 0 Å². The molecule has 6 rings (SSSR count). The third kappa shape index (κ3) is 5.10. The fourth-order valence-corrected chi connectivity index (χ4v) is 5.58. The largest absolute Gasteiger partial charge is 0.480 e. The maximum atomic E-state index is 13.1. The van der Waals surface area contributed by atoms with Crippen LogP contribution in [-0.2, 0) is 11.3 Å². The van der Waals surface area contributed by atoms with Gasteiger partial charge < -0.3 is 24.0 Å². The van der Waals surface area contributed by atoms with E-state index in [0.29, 0.717) is 18.4 Å². The van der Waals surface area contributed by atoms with Crippen LogP contribution >= 0.6 is 0 Å². The SMILES string of the molecule is COc1cc(-c2ccc3c(c2)COc2nc(N4CCC(N(C(=O)OC(C)(C)C)C5CCC5)C4)ccc2-3)cnn1. The lowest BCUT2D eigenvalue weighted by Crippen LogP contribution is -2.52. The lowest BCUT2D eigenvalue weighted by molar-refractivity contribution is -0.00351. The highest BCUT2D eigenvalue weighted by molar-refractivity contribution is 5.78. The Balaban J connectivity index is 1.20. The minimum absolute atomic E-state index is 0.115. The molecule has 204 valence electrons. The first kappa shape index (κ1) is 25.4. The highest BCUT2D eigenvalue weighted by atomic mass is 16.6. The summed E-state index contributed by atoms with van der Waals surface area (Å²) in [5.74, 6) is 2.00. The molecule has 9 nitrogen and oxygen atoms in total. The Hall–Kier alpha value is -3.88. The van der Waals surface area contributed by atoms with E-state index < -0.39 is 5.60 Å². The highest BCUT2D eigenvalue weighted by Crippen LogP contribution is 2.40. The van der Waals surface area contributed by atoms with Crippen molar-refractivity contribution in [2.45, 2.75) is 70.7 Å². The van der Waals surface area contributed by atoms with Crippen LogP contribution in [0.3, 0.4) is 0 Å². The molecule has 1 aliphatic carbocycles. The molecule has 1 unspecified atom stereocenters. The normalized spacial score (nSPS) is 18.5. The lowest BCUT2D eigenvalue weighted by Gasteiger charge is -2.41. The number of carbonyl (C=O) groups is 1. The first-order valence-electron chi connectivity index (χ1n) is 13.7. The average Bonchev–Trinajstić information content (AvgIpc) is 3.38. The van der Waals surface area contributed by atoms with Crippen LogP contribution in [0.15, 0.2) is 42.6 Å². The van der Waals surface area contributed by atoms with Crippen molar-refractivity contribution in [3.8, 4) is 34.0 Å². The van der Waals surface area contributed by atoms with E-state index in [4.69, 9.17) is 19.2 Å². The smallest absolute Gasteiger partial charge is 0.410 e. The third-order valence-electron chi connectivity index (χ3n) is 7.73. The van der Waals surface area contributed by atoms with Crippen LogP contribution in [0.2, 0.25) is 0 Å². The monoisotopic (exact) mass is 529 g/mol. The van der Waals surface area contributed by atoms with Crippen molar-refractivity contribution in [2.75, 3.05) is 25.1 Å². The Morgan fingerprint density at radius 2 is 1.87 bits per heavy atom. The van der Waals surface area contributed by atoms with Crippen molar-refractivity contribution in [3.05, 3.63) is 48.2 Å². The van der Waals surface area contributed by atoms with Crippen LogP contribution in [-0.4, -0.2) is 64.1 Å². The Morgan fingerprint density at radius 3 is 2.62 bits per heavy atom.